The summed E-state index contributed by atoms with van der Waals surface area (Å²) >= 11 is 2.97. The highest BCUT2D eigenvalue weighted by molar-refractivity contribution is 8.01. The molecule has 0 unspecified atom stereocenters. The van der Waals surface area contributed by atoms with E-state index in [1.54, 1.807) is 23.9 Å². The number of hydrogen-bond acceptors (Lipinski definition) is 7. The van der Waals surface area contributed by atoms with E-state index in [0.717, 1.165) is 27.0 Å². The molecule has 1 aromatic carbocycles. The molecule has 0 radical (unpaired) electrons. The van der Waals surface area contributed by atoms with Crippen molar-refractivity contribution < 1.29 is 4.79 Å². The number of carbonyl (C=O) groups excluding carboxylic acids is 1. The van der Waals surface area contributed by atoms with Gasteiger partial charge in [-0.15, -0.1) is 10.2 Å². The Hall–Kier alpha value is -2.06. The highest BCUT2D eigenvalue weighted by Gasteiger charge is 2.12. The van der Waals surface area contributed by atoms with E-state index in [0.29, 0.717) is 16.2 Å². The molecule has 0 fully saturated rings. The third-order valence-corrected chi connectivity index (χ3v) is 5.09. The first-order chi connectivity index (χ1) is 11.1. The number of rotatable bonds is 4. The van der Waals surface area contributed by atoms with Crippen LogP contribution in [0.2, 0.25) is 0 Å². The van der Waals surface area contributed by atoms with Crippen LogP contribution in [0, 0.1) is 13.8 Å². The lowest BCUT2D eigenvalue weighted by molar-refractivity contribution is 0.102. The molecule has 2 aromatic heterocycles. The molecule has 0 atom stereocenters. The molecule has 3 rings (SSSR count). The Kier molecular flexibility index (Phi) is 4.53. The maximum absolute atomic E-state index is 12.3. The minimum Gasteiger partial charge on any atom is -0.296 e. The predicted molar refractivity (Wildman–Crippen MR) is 93.3 cm³/mol. The molecule has 0 spiro atoms. The number of nitrogens with zero attached hydrogens (tertiary/aromatic N) is 4. The second kappa shape index (κ2) is 6.59. The van der Waals surface area contributed by atoms with Gasteiger partial charge in [0, 0.05) is 5.56 Å². The van der Waals surface area contributed by atoms with Gasteiger partial charge < -0.3 is 0 Å². The fraction of sp³-hybridized carbons (Fsp3) is 0.267. The van der Waals surface area contributed by atoms with Crippen LogP contribution in [-0.2, 0) is 0 Å². The first-order valence-corrected chi connectivity index (χ1v) is 8.89. The molecule has 0 bridgehead atoms. The summed E-state index contributed by atoms with van der Waals surface area (Å²) in [5.41, 5.74) is 3.77. The van der Waals surface area contributed by atoms with Crippen molar-refractivity contribution in [1.29, 1.82) is 0 Å². The van der Waals surface area contributed by atoms with Crippen molar-refractivity contribution in [3.8, 4) is 0 Å². The van der Waals surface area contributed by atoms with Crippen molar-refractivity contribution in [3.63, 3.8) is 0 Å². The van der Waals surface area contributed by atoms with E-state index in [-0.39, 0.29) is 5.91 Å². The summed E-state index contributed by atoms with van der Waals surface area (Å²) in [6.45, 7) is 5.87. The molecular formula is C15H15N5OS2. The van der Waals surface area contributed by atoms with Crippen molar-refractivity contribution in [2.45, 2.75) is 25.1 Å². The first-order valence-electron chi connectivity index (χ1n) is 7.09. The fourth-order valence-corrected chi connectivity index (χ4v) is 3.63. The number of nitrogens with one attached hydrogen (secondary N) is 1. The van der Waals surface area contributed by atoms with E-state index in [1.165, 1.54) is 11.3 Å². The number of anilines is 1. The summed E-state index contributed by atoms with van der Waals surface area (Å²) in [4.78, 5) is 21.3. The Morgan fingerprint density at radius 1 is 1.17 bits per heavy atom. The zero-order valence-corrected chi connectivity index (χ0v) is 14.6. The summed E-state index contributed by atoms with van der Waals surface area (Å²) in [7, 11) is 0. The van der Waals surface area contributed by atoms with E-state index in [1.807, 2.05) is 26.8 Å². The van der Waals surface area contributed by atoms with Gasteiger partial charge in [0.2, 0.25) is 5.13 Å². The molecule has 3 aromatic rings. The molecule has 0 aliphatic heterocycles. The minimum absolute atomic E-state index is 0.226. The summed E-state index contributed by atoms with van der Waals surface area (Å²) in [6.07, 6.45) is 0. The van der Waals surface area contributed by atoms with Crippen molar-refractivity contribution in [3.05, 3.63) is 35.2 Å². The van der Waals surface area contributed by atoms with Gasteiger partial charge in [-0.1, -0.05) is 30.0 Å². The van der Waals surface area contributed by atoms with Crippen LogP contribution in [0.15, 0.2) is 22.5 Å². The van der Waals surface area contributed by atoms with Gasteiger partial charge in [-0.2, -0.15) is 0 Å². The topological polar surface area (TPSA) is 80.7 Å². The number of carbonyl (C=O) groups is 1. The largest absolute Gasteiger partial charge is 0.296 e. The van der Waals surface area contributed by atoms with Gasteiger partial charge in [0.15, 0.2) is 4.34 Å². The van der Waals surface area contributed by atoms with E-state index >= 15 is 0 Å². The lowest BCUT2D eigenvalue weighted by Gasteiger charge is -2.05. The van der Waals surface area contributed by atoms with Gasteiger partial charge in [0.1, 0.15) is 0 Å². The Morgan fingerprint density at radius 3 is 2.65 bits per heavy atom. The van der Waals surface area contributed by atoms with Crippen LogP contribution < -0.4 is 5.32 Å². The molecule has 23 heavy (non-hydrogen) atoms. The zero-order chi connectivity index (χ0) is 16.4. The minimum atomic E-state index is -0.226. The normalized spacial score (nSPS) is 10.9. The number of aryl methyl sites for hydroxylation is 2. The number of amides is 1. The fourth-order valence-electron chi connectivity index (χ4n) is 1.98. The van der Waals surface area contributed by atoms with Gasteiger partial charge >= 0.3 is 0 Å². The average Bonchev–Trinajstić information content (AvgIpc) is 2.95. The zero-order valence-electron chi connectivity index (χ0n) is 13.0. The van der Waals surface area contributed by atoms with Crippen molar-refractivity contribution in [2.24, 2.45) is 0 Å². The standard InChI is InChI=1S/C15H15N5OS2/c1-4-22-15-20-19-14(23-15)18-13(21)10-5-6-11-12(7-10)17-9(3)8(2)16-11/h5-7H,4H2,1-3H3,(H,18,19,21). The summed E-state index contributed by atoms with van der Waals surface area (Å²) < 4.78 is 0.846. The molecule has 0 aliphatic carbocycles. The molecule has 8 heteroatoms. The number of aromatic nitrogens is 4. The third-order valence-electron chi connectivity index (χ3n) is 3.23. The van der Waals surface area contributed by atoms with Crippen LogP contribution in [0.3, 0.4) is 0 Å². The quantitative estimate of drug-likeness (QED) is 0.576. The molecular weight excluding hydrogens is 330 g/mol. The van der Waals surface area contributed by atoms with E-state index in [2.05, 4.69) is 25.5 Å². The number of benzene rings is 1. The Bertz CT molecular complexity index is 877. The number of hydrogen-bond donors (Lipinski definition) is 1. The van der Waals surface area contributed by atoms with Crippen LogP contribution in [0.5, 0.6) is 0 Å². The van der Waals surface area contributed by atoms with Gasteiger partial charge in [0.05, 0.1) is 22.4 Å². The highest BCUT2D eigenvalue weighted by Crippen LogP contribution is 2.25. The second-order valence-electron chi connectivity index (χ2n) is 4.86. The van der Waals surface area contributed by atoms with Gasteiger partial charge in [-0.05, 0) is 37.8 Å². The maximum Gasteiger partial charge on any atom is 0.257 e. The van der Waals surface area contributed by atoms with E-state index in [9.17, 15) is 4.79 Å². The van der Waals surface area contributed by atoms with Crippen molar-refractivity contribution >= 4 is 45.2 Å². The molecule has 0 aliphatic rings. The van der Waals surface area contributed by atoms with Gasteiger partial charge in [0.25, 0.3) is 5.91 Å². The molecule has 6 nitrogen and oxygen atoms in total. The molecule has 0 saturated heterocycles. The van der Waals surface area contributed by atoms with Crippen LogP contribution in [0.4, 0.5) is 5.13 Å². The molecule has 2 heterocycles. The summed E-state index contributed by atoms with van der Waals surface area (Å²) in [5.74, 6) is 0.696. The monoisotopic (exact) mass is 345 g/mol. The van der Waals surface area contributed by atoms with Gasteiger partial charge in [-0.25, -0.2) is 9.97 Å². The molecule has 1 amide bonds. The van der Waals surface area contributed by atoms with E-state index < -0.39 is 0 Å². The highest BCUT2D eigenvalue weighted by atomic mass is 32.2. The Morgan fingerprint density at radius 2 is 1.91 bits per heavy atom. The van der Waals surface area contributed by atoms with Crippen molar-refractivity contribution in [2.75, 3.05) is 11.1 Å². The van der Waals surface area contributed by atoms with Crippen LogP contribution in [0.1, 0.15) is 28.7 Å². The lowest BCUT2D eigenvalue weighted by atomic mass is 10.1. The third kappa shape index (κ3) is 3.48. The lowest BCUT2D eigenvalue weighted by Crippen LogP contribution is -2.11. The smallest absolute Gasteiger partial charge is 0.257 e. The summed E-state index contributed by atoms with van der Waals surface area (Å²) in [5, 5.41) is 11.3. The van der Waals surface area contributed by atoms with Crippen LogP contribution in [0.25, 0.3) is 11.0 Å². The molecule has 118 valence electrons. The van der Waals surface area contributed by atoms with Crippen LogP contribution >= 0.6 is 23.1 Å². The molecule has 1 N–H and O–H groups in total. The Balaban J connectivity index is 1.83. The van der Waals surface area contributed by atoms with Crippen LogP contribution in [-0.4, -0.2) is 31.8 Å². The maximum atomic E-state index is 12.3. The van der Waals surface area contributed by atoms with Gasteiger partial charge in [-0.3, -0.25) is 10.1 Å². The van der Waals surface area contributed by atoms with Crippen molar-refractivity contribution in [1.82, 2.24) is 20.2 Å². The number of fused-ring (bicyclic) bond motifs is 1. The Labute approximate surface area is 141 Å². The SMILES string of the molecule is CCSc1nnc(NC(=O)c2ccc3nc(C)c(C)nc3c2)s1. The molecule has 0 saturated carbocycles. The first kappa shape index (κ1) is 15.8. The average molecular weight is 345 g/mol. The summed E-state index contributed by atoms with van der Waals surface area (Å²) in [6, 6.07) is 5.29. The second-order valence-corrected chi connectivity index (χ2v) is 7.35. The van der Waals surface area contributed by atoms with E-state index in [4.69, 9.17) is 0 Å². The predicted octanol–water partition coefficient (Wildman–Crippen LogP) is 3.46. The number of thioether (sulfide) groups is 1.